The number of aromatic nitrogens is 2. The van der Waals surface area contributed by atoms with Crippen LogP contribution in [-0.4, -0.2) is 26.9 Å². The molecule has 1 aromatic heterocycles. The summed E-state index contributed by atoms with van der Waals surface area (Å²) < 4.78 is 24.1. The van der Waals surface area contributed by atoms with Crippen molar-refractivity contribution in [2.75, 3.05) is 6.54 Å². The van der Waals surface area contributed by atoms with E-state index in [-0.39, 0.29) is 23.7 Å². The molecule has 5 heteroatoms. The number of amides is 1. The number of likely N-dealkylation sites (tertiary alicyclic amines) is 1. The van der Waals surface area contributed by atoms with Gasteiger partial charge in [0.1, 0.15) is 5.82 Å². The van der Waals surface area contributed by atoms with E-state index in [0.29, 0.717) is 13.0 Å². The van der Waals surface area contributed by atoms with Crippen LogP contribution in [0.25, 0.3) is 5.69 Å². The zero-order valence-corrected chi connectivity index (χ0v) is 18.2. The molecular weight excluding hydrogens is 389 g/mol. The van der Waals surface area contributed by atoms with E-state index in [1.54, 1.807) is 12.1 Å². The first-order valence-electron chi connectivity index (χ1n) is 11.5. The summed E-state index contributed by atoms with van der Waals surface area (Å²) in [5.74, 6) is -0.143. The number of rotatable bonds is 4. The summed E-state index contributed by atoms with van der Waals surface area (Å²) in [4.78, 5) is 19.9. The Balaban J connectivity index is 1.41. The van der Waals surface area contributed by atoms with Crippen LogP contribution < -0.4 is 0 Å². The van der Waals surface area contributed by atoms with Crippen LogP contribution >= 0.6 is 0 Å². The van der Waals surface area contributed by atoms with E-state index >= 15 is 0 Å². The second-order valence-corrected chi connectivity index (χ2v) is 8.98. The Bertz CT molecular complexity index is 1170. The number of hydrogen-bond donors (Lipinski definition) is 0. The molecule has 2 aliphatic rings. The van der Waals surface area contributed by atoms with Gasteiger partial charge in [0, 0.05) is 19.8 Å². The summed E-state index contributed by atoms with van der Waals surface area (Å²) in [6.07, 6.45) is 4.80. The smallest absolute Gasteiger partial charge is 0.229 e. The molecule has 31 heavy (non-hydrogen) atoms. The molecule has 0 N–H and O–H groups in total. The second kappa shape index (κ2) is 7.33. The molecule has 4 atom stereocenters. The Morgan fingerprint density at radius 2 is 2.00 bits per heavy atom. The average molecular weight is 419 g/mol. The van der Waals surface area contributed by atoms with Crippen LogP contribution in [0.15, 0.2) is 55.0 Å². The van der Waals surface area contributed by atoms with Crippen molar-refractivity contribution in [1.82, 2.24) is 14.5 Å². The SMILES string of the molecule is [2H]C1CCN(C(C)c2ccc(F)cc2)C(=O)C12CC2c1ccc(-n2cnc(C)c2)c(C)c1. The number of carbonyl (C=O) groups is 1. The highest BCUT2D eigenvalue weighted by atomic mass is 19.1. The quantitative estimate of drug-likeness (QED) is 0.562. The largest absolute Gasteiger partial charge is 0.335 e. The molecule has 1 saturated heterocycles. The number of aryl methyl sites for hydroxylation is 2. The third-order valence-electron chi connectivity index (χ3n) is 6.97. The van der Waals surface area contributed by atoms with E-state index in [0.717, 1.165) is 34.5 Å². The molecule has 1 aliphatic heterocycles. The second-order valence-electron chi connectivity index (χ2n) is 8.98. The van der Waals surface area contributed by atoms with Crippen LogP contribution in [0.3, 0.4) is 0 Å². The number of piperidine rings is 1. The van der Waals surface area contributed by atoms with Crippen molar-refractivity contribution in [3.63, 3.8) is 0 Å². The molecule has 1 aliphatic carbocycles. The highest BCUT2D eigenvalue weighted by Gasteiger charge is 2.62. The maximum Gasteiger partial charge on any atom is 0.229 e. The lowest BCUT2D eigenvalue weighted by molar-refractivity contribution is -0.143. The van der Waals surface area contributed by atoms with Gasteiger partial charge in [0.05, 0.1) is 23.5 Å². The monoisotopic (exact) mass is 418 g/mol. The highest BCUT2D eigenvalue weighted by molar-refractivity contribution is 5.88. The third-order valence-corrected chi connectivity index (χ3v) is 6.97. The van der Waals surface area contributed by atoms with E-state index < -0.39 is 11.8 Å². The van der Waals surface area contributed by atoms with E-state index in [1.807, 2.05) is 35.8 Å². The minimum Gasteiger partial charge on any atom is -0.335 e. The number of nitrogens with zero attached hydrogens (tertiary/aromatic N) is 3. The Labute approximate surface area is 184 Å². The van der Waals surface area contributed by atoms with Gasteiger partial charge in [-0.1, -0.05) is 24.3 Å². The average Bonchev–Trinajstić information content (AvgIpc) is 3.39. The Morgan fingerprint density at radius 3 is 2.68 bits per heavy atom. The summed E-state index contributed by atoms with van der Waals surface area (Å²) >= 11 is 0. The van der Waals surface area contributed by atoms with Gasteiger partial charge in [0.15, 0.2) is 0 Å². The van der Waals surface area contributed by atoms with Crippen LogP contribution in [0.2, 0.25) is 0 Å². The van der Waals surface area contributed by atoms with Crippen molar-refractivity contribution in [2.24, 2.45) is 5.41 Å². The lowest BCUT2D eigenvalue weighted by Crippen LogP contribution is -2.44. The molecule has 5 rings (SSSR count). The standard InChI is InChI=1S/C26H28FN3O/c1-17-13-21(7-10-24(17)29-15-18(2)28-16-29)23-14-26(23)11-4-12-30(25(26)31)19(3)20-5-8-22(27)9-6-20/h5-10,13,15-16,19,23H,4,11-12,14H2,1-3H3/i11D. The number of carbonyl (C=O) groups excluding carboxylic acids is 1. The van der Waals surface area contributed by atoms with Crippen LogP contribution in [0.1, 0.15) is 61.9 Å². The Morgan fingerprint density at radius 1 is 1.23 bits per heavy atom. The van der Waals surface area contributed by atoms with Gasteiger partial charge in [-0.3, -0.25) is 4.79 Å². The van der Waals surface area contributed by atoms with Gasteiger partial charge in [-0.15, -0.1) is 0 Å². The molecule has 160 valence electrons. The normalized spacial score (nSPS) is 26.8. The van der Waals surface area contributed by atoms with E-state index in [2.05, 4.69) is 30.1 Å². The fraction of sp³-hybridized carbons (Fsp3) is 0.385. The summed E-state index contributed by atoms with van der Waals surface area (Å²) in [5.41, 5.74) is 4.58. The molecule has 1 spiro atoms. The van der Waals surface area contributed by atoms with Crippen molar-refractivity contribution in [3.05, 3.63) is 83.2 Å². The topological polar surface area (TPSA) is 38.1 Å². The maximum absolute atomic E-state index is 13.7. The van der Waals surface area contributed by atoms with E-state index in [4.69, 9.17) is 1.37 Å². The van der Waals surface area contributed by atoms with Crippen molar-refractivity contribution in [2.45, 2.75) is 52.0 Å². The summed E-state index contributed by atoms with van der Waals surface area (Å²) in [6, 6.07) is 12.6. The third kappa shape index (κ3) is 3.36. The van der Waals surface area contributed by atoms with Gasteiger partial charge in [-0.05, 0) is 80.8 Å². The molecule has 2 aromatic carbocycles. The zero-order valence-electron chi connectivity index (χ0n) is 19.2. The fourth-order valence-electron chi connectivity index (χ4n) is 5.10. The van der Waals surface area contributed by atoms with E-state index in [1.165, 1.54) is 12.1 Å². The number of benzene rings is 2. The van der Waals surface area contributed by atoms with Crippen molar-refractivity contribution < 1.29 is 10.6 Å². The van der Waals surface area contributed by atoms with Crippen LogP contribution in [0, 0.1) is 25.1 Å². The summed E-state index contributed by atoms with van der Waals surface area (Å²) in [6.45, 7) is 6.60. The van der Waals surface area contributed by atoms with E-state index in [9.17, 15) is 9.18 Å². The summed E-state index contributed by atoms with van der Waals surface area (Å²) in [5, 5.41) is 0. The highest BCUT2D eigenvalue weighted by Crippen LogP contribution is 2.64. The van der Waals surface area contributed by atoms with Gasteiger partial charge in [0.2, 0.25) is 5.91 Å². The van der Waals surface area contributed by atoms with Crippen molar-refractivity contribution in [1.29, 1.82) is 0 Å². The van der Waals surface area contributed by atoms with Crippen LogP contribution in [-0.2, 0) is 4.79 Å². The predicted molar refractivity (Wildman–Crippen MR) is 119 cm³/mol. The number of halogens is 1. The van der Waals surface area contributed by atoms with Crippen LogP contribution in [0.4, 0.5) is 4.39 Å². The van der Waals surface area contributed by atoms with Crippen molar-refractivity contribution in [3.8, 4) is 5.69 Å². The molecule has 1 saturated carbocycles. The first kappa shape index (κ1) is 18.8. The lowest BCUT2D eigenvalue weighted by atomic mass is 9.87. The lowest BCUT2D eigenvalue weighted by Gasteiger charge is -2.38. The maximum atomic E-state index is 13.7. The Hall–Kier alpha value is -2.95. The van der Waals surface area contributed by atoms with Gasteiger partial charge in [-0.25, -0.2) is 9.37 Å². The molecule has 0 radical (unpaired) electrons. The minimum absolute atomic E-state index is 0.0672. The fourth-order valence-corrected chi connectivity index (χ4v) is 5.10. The molecule has 2 fully saturated rings. The van der Waals surface area contributed by atoms with Gasteiger partial charge in [0.25, 0.3) is 0 Å². The first-order valence-corrected chi connectivity index (χ1v) is 10.9. The van der Waals surface area contributed by atoms with Gasteiger partial charge < -0.3 is 9.47 Å². The Kier molecular flexibility index (Phi) is 4.44. The zero-order chi connectivity index (χ0) is 22.6. The number of imidazole rings is 1. The van der Waals surface area contributed by atoms with Crippen molar-refractivity contribution >= 4 is 5.91 Å². The molecule has 1 amide bonds. The first-order chi connectivity index (χ1) is 15.3. The predicted octanol–water partition coefficient (Wildman–Crippen LogP) is 5.49. The molecule has 0 bridgehead atoms. The molecule has 4 unspecified atom stereocenters. The molecule has 3 aromatic rings. The minimum atomic E-state index is -0.647. The summed E-state index contributed by atoms with van der Waals surface area (Å²) in [7, 11) is 0. The molecule has 4 nitrogen and oxygen atoms in total. The van der Waals surface area contributed by atoms with Gasteiger partial charge >= 0.3 is 0 Å². The van der Waals surface area contributed by atoms with Crippen LogP contribution in [0.5, 0.6) is 0 Å². The van der Waals surface area contributed by atoms with Gasteiger partial charge in [-0.2, -0.15) is 0 Å². The molecular formula is C26H28FN3O. The number of hydrogen-bond acceptors (Lipinski definition) is 2. The molecule has 2 heterocycles.